The Morgan fingerprint density at radius 2 is 1.83 bits per heavy atom. The van der Waals surface area contributed by atoms with Gasteiger partial charge in [0.25, 0.3) is 0 Å². The maximum atomic E-state index is 11.5. The zero-order valence-electron chi connectivity index (χ0n) is 10.2. The molecule has 3 N–H and O–H groups in total. The largest absolute Gasteiger partial charge is 0.322 e. The van der Waals surface area contributed by atoms with Gasteiger partial charge in [-0.25, -0.2) is 5.84 Å². The van der Waals surface area contributed by atoms with Crippen LogP contribution in [0, 0.1) is 0 Å². The third-order valence-electron chi connectivity index (χ3n) is 1.44. The summed E-state index contributed by atoms with van der Waals surface area (Å²) >= 11 is 7.33. The van der Waals surface area contributed by atoms with Gasteiger partial charge in [0.1, 0.15) is 0 Å². The van der Waals surface area contributed by atoms with Crippen molar-refractivity contribution in [3.8, 4) is 0 Å². The lowest BCUT2D eigenvalue weighted by atomic mass is 10.7. The van der Waals surface area contributed by atoms with E-state index >= 15 is 0 Å². The zero-order valence-corrected chi connectivity index (χ0v) is 13.6. The standard InChI is InChI=1S/C8H17N2O4PS3/c1-3-13-15(16,14-4-2)18-6-8(12)17-5-7(11)10-9/h3-6,9H2,1-2H3,(H,10,11). The first kappa shape index (κ1) is 18.4. The summed E-state index contributed by atoms with van der Waals surface area (Å²) < 4.78 is 10.7. The molecule has 0 aliphatic rings. The summed E-state index contributed by atoms with van der Waals surface area (Å²) in [5, 5.41) is -0.155. The van der Waals surface area contributed by atoms with E-state index in [1.54, 1.807) is 0 Å². The first-order chi connectivity index (χ1) is 8.47. The van der Waals surface area contributed by atoms with E-state index in [4.69, 9.17) is 26.7 Å². The van der Waals surface area contributed by atoms with Crippen molar-refractivity contribution in [3.05, 3.63) is 0 Å². The number of nitrogens with two attached hydrogens (primary N) is 1. The maximum absolute atomic E-state index is 11.5. The highest BCUT2D eigenvalue weighted by atomic mass is 32.9. The summed E-state index contributed by atoms with van der Waals surface area (Å²) in [5.41, 5.74) is -0.485. The van der Waals surface area contributed by atoms with Gasteiger partial charge >= 0.3 is 0 Å². The molecule has 10 heteroatoms. The highest BCUT2D eigenvalue weighted by Gasteiger charge is 2.20. The van der Waals surface area contributed by atoms with Crippen LogP contribution in [-0.2, 0) is 30.4 Å². The number of nitrogens with one attached hydrogen (secondary N) is 1. The van der Waals surface area contributed by atoms with E-state index in [1.807, 2.05) is 19.3 Å². The van der Waals surface area contributed by atoms with Crippen LogP contribution in [-0.4, -0.2) is 35.7 Å². The van der Waals surface area contributed by atoms with Gasteiger partial charge in [0.15, 0.2) is 5.12 Å². The Kier molecular flexibility index (Phi) is 10.4. The second-order valence-corrected chi connectivity index (χ2v) is 10.1. The summed E-state index contributed by atoms with van der Waals surface area (Å²) in [4.78, 5) is 22.3. The molecule has 0 aromatic rings. The van der Waals surface area contributed by atoms with Crippen molar-refractivity contribution in [3.63, 3.8) is 0 Å². The molecule has 0 aliphatic carbocycles. The first-order valence-corrected chi connectivity index (χ1v) is 10.4. The summed E-state index contributed by atoms with van der Waals surface area (Å²) in [6.45, 7) is 4.54. The van der Waals surface area contributed by atoms with Gasteiger partial charge in [0, 0.05) is 0 Å². The lowest BCUT2D eigenvalue weighted by molar-refractivity contribution is -0.118. The number of rotatable bonds is 9. The fourth-order valence-corrected chi connectivity index (χ4v) is 6.07. The molecule has 6 nitrogen and oxygen atoms in total. The van der Waals surface area contributed by atoms with Crippen molar-refractivity contribution in [1.82, 2.24) is 5.43 Å². The average molecular weight is 332 g/mol. The molecule has 18 heavy (non-hydrogen) atoms. The summed E-state index contributed by atoms with van der Waals surface area (Å²) in [6.07, 6.45) is 0. The monoisotopic (exact) mass is 332 g/mol. The van der Waals surface area contributed by atoms with E-state index in [-0.39, 0.29) is 16.6 Å². The smallest absolute Gasteiger partial charge is 0.247 e. The molecule has 0 aliphatic heterocycles. The van der Waals surface area contributed by atoms with Crippen molar-refractivity contribution < 1.29 is 18.6 Å². The zero-order chi connectivity index (χ0) is 14.0. The first-order valence-electron chi connectivity index (χ1n) is 5.16. The van der Waals surface area contributed by atoms with Gasteiger partial charge in [0.2, 0.25) is 11.6 Å². The van der Waals surface area contributed by atoms with Crippen molar-refractivity contribution in [1.29, 1.82) is 0 Å². The Morgan fingerprint density at radius 3 is 2.28 bits per heavy atom. The molecule has 0 fully saturated rings. The van der Waals surface area contributed by atoms with Crippen LogP contribution in [0.3, 0.4) is 0 Å². The Balaban J connectivity index is 4.07. The number of amides is 1. The lowest BCUT2D eigenvalue weighted by Crippen LogP contribution is -2.31. The molecule has 0 spiro atoms. The van der Waals surface area contributed by atoms with Gasteiger partial charge in [-0.15, -0.1) is 0 Å². The second kappa shape index (κ2) is 10.2. The summed E-state index contributed by atoms with van der Waals surface area (Å²) in [5.74, 6) is 4.66. The molecule has 106 valence electrons. The molecule has 1 amide bonds. The number of carbonyl (C=O) groups excluding carboxylic acids is 2. The van der Waals surface area contributed by atoms with E-state index in [1.165, 1.54) is 11.4 Å². The minimum atomic E-state index is -2.44. The molecule has 0 heterocycles. The van der Waals surface area contributed by atoms with Crippen LogP contribution >= 0.6 is 28.8 Å². The van der Waals surface area contributed by atoms with Gasteiger partial charge in [0.05, 0.1) is 24.7 Å². The predicted octanol–water partition coefficient (Wildman–Crippen LogP) is 1.27. The number of carbonyl (C=O) groups is 2. The second-order valence-electron chi connectivity index (χ2n) is 2.78. The van der Waals surface area contributed by atoms with Crippen LogP contribution in [0.25, 0.3) is 0 Å². The van der Waals surface area contributed by atoms with Crippen LogP contribution in [0.2, 0.25) is 0 Å². The normalized spacial score (nSPS) is 11.3. The minimum Gasteiger partial charge on any atom is -0.322 e. The topological polar surface area (TPSA) is 90.6 Å². The average Bonchev–Trinajstić information content (AvgIpc) is 2.34. The molecule has 0 aromatic carbocycles. The highest BCUT2D eigenvalue weighted by Crippen LogP contribution is 2.60. The number of thioether (sulfide) groups is 1. The molecular formula is C8H17N2O4PS3. The Labute approximate surface area is 120 Å². The SMILES string of the molecule is CCOP(=S)(OCC)SCC(=O)SCC(=O)NN. The van der Waals surface area contributed by atoms with Crippen molar-refractivity contribution in [2.45, 2.75) is 13.8 Å². The number of hydrazine groups is 1. The lowest BCUT2D eigenvalue weighted by Gasteiger charge is -2.19. The fraction of sp³-hybridized carbons (Fsp3) is 0.750. The summed E-state index contributed by atoms with van der Waals surface area (Å²) in [7, 11) is 0. The van der Waals surface area contributed by atoms with Crippen molar-refractivity contribution >= 4 is 51.7 Å². The van der Waals surface area contributed by atoms with E-state index in [0.29, 0.717) is 13.2 Å². The molecule has 0 rings (SSSR count). The van der Waals surface area contributed by atoms with E-state index in [0.717, 1.165) is 11.8 Å². The molecule has 0 unspecified atom stereocenters. The van der Waals surface area contributed by atoms with E-state index < -0.39 is 11.6 Å². The molecule has 0 aromatic heterocycles. The third kappa shape index (κ3) is 8.47. The van der Waals surface area contributed by atoms with Crippen molar-refractivity contribution in [2.75, 3.05) is 24.7 Å². The van der Waals surface area contributed by atoms with Crippen molar-refractivity contribution in [2.24, 2.45) is 5.84 Å². The van der Waals surface area contributed by atoms with Gasteiger partial charge in [-0.05, 0) is 25.7 Å². The van der Waals surface area contributed by atoms with Crippen LogP contribution in [0.5, 0.6) is 0 Å². The predicted molar refractivity (Wildman–Crippen MR) is 79.8 cm³/mol. The fourth-order valence-electron chi connectivity index (χ4n) is 0.789. The molecule has 0 radical (unpaired) electrons. The molecule has 0 bridgehead atoms. The minimum absolute atomic E-state index is 0.00202. The van der Waals surface area contributed by atoms with Gasteiger partial charge in [-0.1, -0.05) is 23.1 Å². The Bertz CT molecular complexity index is 319. The number of hydrogen-bond donors (Lipinski definition) is 2. The van der Waals surface area contributed by atoms with E-state index in [9.17, 15) is 9.59 Å². The van der Waals surface area contributed by atoms with Gasteiger partial charge < -0.3 is 9.05 Å². The van der Waals surface area contributed by atoms with Gasteiger partial charge in [-0.2, -0.15) is 0 Å². The molecule has 0 saturated heterocycles. The quantitative estimate of drug-likeness (QED) is 0.282. The Hall–Kier alpha value is 0.370. The molecule has 0 atom stereocenters. The van der Waals surface area contributed by atoms with Crippen LogP contribution < -0.4 is 11.3 Å². The molecule has 0 saturated carbocycles. The molecular weight excluding hydrogens is 315 g/mol. The maximum Gasteiger partial charge on any atom is 0.247 e. The summed E-state index contributed by atoms with van der Waals surface area (Å²) in [6, 6.07) is 0. The van der Waals surface area contributed by atoms with Gasteiger partial charge in [-0.3, -0.25) is 15.0 Å². The van der Waals surface area contributed by atoms with E-state index in [2.05, 4.69) is 0 Å². The van der Waals surface area contributed by atoms with Crippen LogP contribution in [0.1, 0.15) is 13.8 Å². The van der Waals surface area contributed by atoms with Crippen LogP contribution in [0.15, 0.2) is 0 Å². The van der Waals surface area contributed by atoms with Crippen LogP contribution in [0.4, 0.5) is 0 Å². The highest BCUT2D eigenvalue weighted by molar-refractivity contribution is 8.68. The Morgan fingerprint density at radius 1 is 1.28 bits per heavy atom. The third-order valence-corrected chi connectivity index (χ3v) is 7.90. The number of hydrogen-bond acceptors (Lipinski definition) is 8.